The molecule has 0 aliphatic carbocycles. The molecule has 0 saturated heterocycles. The molecule has 0 fully saturated rings. The lowest BCUT2D eigenvalue weighted by Gasteiger charge is -2.11. The van der Waals surface area contributed by atoms with E-state index in [1.54, 1.807) is 19.1 Å². The molecule has 2 aromatic carbocycles. The van der Waals surface area contributed by atoms with Crippen molar-refractivity contribution in [2.45, 2.75) is 34.6 Å². The molecule has 2 amide bonds. The number of carbonyl (C=O) groups excluding carboxylic acids is 2. The number of nitrogens with one attached hydrogen (secondary N) is 2. The zero-order chi connectivity index (χ0) is 23.9. The van der Waals surface area contributed by atoms with Gasteiger partial charge in [-0.3, -0.25) is 14.4 Å². The minimum absolute atomic E-state index is 0.0338. The third-order valence-corrected chi connectivity index (χ3v) is 6.73. The van der Waals surface area contributed by atoms with Crippen LogP contribution < -0.4 is 16.2 Å². The van der Waals surface area contributed by atoms with E-state index < -0.39 is 17.4 Å². The molecule has 2 N–H and O–H groups in total. The van der Waals surface area contributed by atoms with E-state index >= 15 is 0 Å². The number of aryl methyl sites for hydroxylation is 4. The Kier molecular flexibility index (Phi) is 5.86. The molecule has 0 unspecified atom stereocenters. The van der Waals surface area contributed by atoms with Crippen LogP contribution in [0.5, 0.6) is 0 Å². The Labute approximate surface area is 195 Å². The van der Waals surface area contributed by atoms with E-state index in [1.807, 2.05) is 52.0 Å². The van der Waals surface area contributed by atoms with Crippen molar-refractivity contribution < 1.29 is 9.59 Å². The van der Waals surface area contributed by atoms with Gasteiger partial charge in [-0.05, 0) is 75.1 Å². The quantitative estimate of drug-likeness (QED) is 0.457. The number of benzene rings is 2. The van der Waals surface area contributed by atoms with E-state index in [0.717, 1.165) is 33.6 Å². The number of hydrogen-bond donors (Lipinski definition) is 2. The van der Waals surface area contributed by atoms with Gasteiger partial charge in [-0.2, -0.15) is 0 Å². The van der Waals surface area contributed by atoms with Gasteiger partial charge in [-0.1, -0.05) is 29.5 Å². The Morgan fingerprint density at radius 1 is 0.879 bits per heavy atom. The van der Waals surface area contributed by atoms with Crippen molar-refractivity contribution in [2.24, 2.45) is 0 Å². The van der Waals surface area contributed by atoms with E-state index in [2.05, 4.69) is 15.6 Å². The zero-order valence-corrected chi connectivity index (χ0v) is 19.9. The van der Waals surface area contributed by atoms with Gasteiger partial charge in [-0.25, -0.2) is 9.38 Å². The third-order valence-electron chi connectivity index (χ3n) is 5.69. The fourth-order valence-electron chi connectivity index (χ4n) is 3.52. The summed E-state index contributed by atoms with van der Waals surface area (Å²) in [5, 5.41) is 5.71. The maximum Gasteiger partial charge on any atom is 0.274 e. The van der Waals surface area contributed by atoms with E-state index in [1.165, 1.54) is 10.5 Å². The molecule has 33 heavy (non-hydrogen) atoms. The first kappa shape index (κ1) is 22.4. The van der Waals surface area contributed by atoms with Crippen molar-refractivity contribution in [3.05, 3.63) is 91.3 Å². The smallest absolute Gasteiger partial charge is 0.274 e. The second-order valence-electron chi connectivity index (χ2n) is 8.09. The number of fused-ring (bicyclic) bond motifs is 1. The van der Waals surface area contributed by atoms with Crippen molar-refractivity contribution in [1.29, 1.82) is 0 Å². The van der Waals surface area contributed by atoms with Crippen LogP contribution in [0.25, 0.3) is 4.96 Å². The minimum atomic E-state index is -0.552. The largest absolute Gasteiger partial charge is 0.321 e. The summed E-state index contributed by atoms with van der Waals surface area (Å²) < 4.78 is 1.20. The number of nitrogens with zero attached hydrogens (tertiary/aromatic N) is 2. The summed E-state index contributed by atoms with van der Waals surface area (Å²) in [6.07, 6.45) is 0. The predicted molar refractivity (Wildman–Crippen MR) is 132 cm³/mol. The summed E-state index contributed by atoms with van der Waals surface area (Å²) in [5.74, 6) is -1.02. The second-order valence-corrected chi connectivity index (χ2v) is 9.07. The first-order valence-corrected chi connectivity index (χ1v) is 11.3. The van der Waals surface area contributed by atoms with Crippen LogP contribution in [0, 0.1) is 34.6 Å². The van der Waals surface area contributed by atoms with Gasteiger partial charge in [-0.15, -0.1) is 0 Å². The van der Waals surface area contributed by atoms with Gasteiger partial charge in [0.25, 0.3) is 17.4 Å². The molecule has 0 aliphatic heterocycles. The Bertz CT molecular complexity index is 1480. The third kappa shape index (κ3) is 4.29. The van der Waals surface area contributed by atoms with Crippen molar-refractivity contribution in [1.82, 2.24) is 9.38 Å². The van der Waals surface area contributed by atoms with Crippen LogP contribution in [0.3, 0.4) is 0 Å². The fourth-order valence-corrected chi connectivity index (χ4v) is 4.59. The van der Waals surface area contributed by atoms with Crippen LogP contribution >= 0.6 is 11.3 Å². The molecule has 2 aromatic heterocycles. The Morgan fingerprint density at radius 3 is 2.36 bits per heavy atom. The minimum Gasteiger partial charge on any atom is -0.321 e. The van der Waals surface area contributed by atoms with Crippen LogP contribution in [-0.4, -0.2) is 21.2 Å². The predicted octanol–water partition coefficient (Wildman–Crippen LogP) is 4.80. The number of thiazole rings is 1. The average molecular weight is 461 g/mol. The normalized spacial score (nSPS) is 10.9. The lowest BCUT2D eigenvalue weighted by atomic mass is 10.1. The molecule has 0 aliphatic rings. The molecule has 7 nitrogen and oxygen atoms in total. The van der Waals surface area contributed by atoms with E-state index in [9.17, 15) is 14.4 Å². The molecule has 4 aromatic rings. The van der Waals surface area contributed by atoms with Gasteiger partial charge in [0.15, 0.2) is 4.96 Å². The van der Waals surface area contributed by atoms with E-state index in [0.29, 0.717) is 17.1 Å². The zero-order valence-electron chi connectivity index (χ0n) is 19.1. The maximum absolute atomic E-state index is 13.3. The van der Waals surface area contributed by atoms with Gasteiger partial charge in [0.1, 0.15) is 10.6 Å². The Morgan fingerprint density at radius 2 is 1.64 bits per heavy atom. The number of aromatic nitrogens is 2. The average Bonchev–Trinajstić information content (AvgIpc) is 3.14. The van der Waals surface area contributed by atoms with Gasteiger partial charge < -0.3 is 10.6 Å². The molecular formula is C25H24N4O3S. The molecule has 4 rings (SSSR count). The number of hydrogen-bond acceptors (Lipinski definition) is 5. The molecule has 0 atom stereocenters. The van der Waals surface area contributed by atoms with Gasteiger partial charge in [0, 0.05) is 23.1 Å². The van der Waals surface area contributed by atoms with Crippen molar-refractivity contribution in [3.63, 3.8) is 0 Å². The van der Waals surface area contributed by atoms with Crippen LogP contribution in [0.15, 0.2) is 47.3 Å². The highest BCUT2D eigenvalue weighted by Crippen LogP contribution is 2.26. The number of carbonyl (C=O) groups is 2. The van der Waals surface area contributed by atoms with Crippen LogP contribution in [0.4, 0.5) is 11.4 Å². The summed E-state index contributed by atoms with van der Waals surface area (Å²) in [4.78, 5) is 44.2. The van der Waals surface area contributed by atoms with Gasteiger partial charge >= 0.3 is 0 Å². The SMILES string of the molecule is Cc1cc(=O)n2c(C(=O)Nc3ccc(C)c(C)c3)c(C(=O)Nc3cccc(C)c3C)sc2n1. The molecule has 0 bridgehead atoms. The summed E-state index contributed by atoms with van der Waals surface area (Å²) in [5.41, 5.74) is 5.38. The Balaban J connectivity index is 1.81. The molecule has 0 radical (unpaired) electrons. The number of anilines is 2. The molecule has 0 spiro atoms. The molecule has 168 valence electrons. The molecule has 0 saturated carbocycles. The molecule has 8 heteroatoms. The van der Waals surface area contributed by atoms with Crippen LogP contribution in [-0.2, 0) is 0 Å². The first-order chi connectivity index (χ1) is 15.7. The molecule has 2 heterocycles. The van der Waals surface area contributed by atoms with Crippen molar-refractivity contribution in [3.8, 4) is 0 Å². The molecular weight excluding hydrogens is 436 g/mol. The number of amides is 2. The van der Waals surface area contributed by atoms with Gasteiger partial charge in [0.05, 0.1) is 0 Å². The monoisotopic (exact) mass is 460 g/mol. The summed E-state index contributed by atoms with van der Waals surface area (Å²) in [7, 11) is 0. The fraction of sp³-hybridized carbons (Fsp3) is 0.200. The van der Waals surface area contributed by atoms with E-state index in [-0.39, 0.29) is 15.5 Å². The van der Waals surface area contributed by atoms with E-state index in [4.69, 9.17) is 0 Å². The van der Waals surface area contributed by atoms with Crippen LogP contribution in [0.2, 0.25) is 0 Å². The lowest BCUT2D eigenvalue weighted by Crippen LogP contribution is -2.25. The van der Waals surface area contributed by atoms with Crippen molar-refractivity contribution >= 4 is 39.5 Å². The topological polar surface area (TPSA) is 92.6 Å². The maximum atomic E-state index is 13.3. The Hall–Kier alpha value is -3.78. The second kappa shape index (κ2) is 8.63. The van der Waals surface area contributed by atoms with Crippen molar-refractivity contribution in [2.75, 3.05) is 10.6 Å². The number of rotatable bonds is 4. The summed E-state index contributed by atoms with van der Waals surface area (Å²) in [6, 6.07) is 12.5. The summed E-state index contributed by atoms with van der Waals surface area (Å²) in [6.45, 7) is 9.51. The first-order valence-electron chi connectivity index (χ1n) is 10.4. The van der Waals surface area contributed by atoms with Gasteiger partial charge in [0.2, 0.25) is 0 Å². The summed E-state index contributed by atoms with van der Waals surface area (Å²) >= 11 is 1.01. The highest BCUT2D eigenvalue weighted by atomic mass is 32.1. The highest BCUT2D eigenvalue weighted by Gasteiger charge is 2.26. The van der Waals surface area contributed by atoms with Crippen LogP contribution in [0.1, 0.15) is 48.1 Å². The lowest BCUT2D eigenvalue weighted by molar-refractivity contribution is 0.0989. The standard InChI is InChI=1S/C25H24N4O3S/c1-13-9-10-18(11-15(13)3)27-23(31)21-22(33-25-26-16(4)12-20(30)29(21)25)24(32)28-19-8-6-7-14(2)17(19)5/h6-12H,1-5H3,(H,27,31)(H,28,32). The highest BCUT2D eigenvalue weighted by molar-refractivity contribution is 7.19.